The maximum atomic E-state index is 5.88. The third kappa shape index (κ3) is 6.50. The average molecular weight is 349 g/mol. The van der Waals surface area contributed by atoms with Crippen molar-refractivity contribution in [2.45, 2.75) is 18.4 Å². The van der Waals surface area contributed by atoms with Crippen molar-refractivity contribution in [2.75, 3.05) is 19.3 Å². The summed E-state index contributed by atoms with van der Waals surface area (Å²) in [6.45, 7) is 3.48. The molecule has 0 unspecified atom stereocenters. The van der Waals surface area contributed by atoms with Crippen LogP contribution in [-0.2, 0) is 6.54 Å². The lowest BCUT2D eigenvalue weighted by atomic mass is 10.3. The standard InChI is InChI=1S/C17H21ClN4S/c1-13-4-3-5-15(22-13)12-21-17(19-2)20-10-11-23-16-8-6-14(18)7-9-16/h3-9H,10-12H2,1-2H3,(H2,19,20,21). The molecule has 1 heterocycles. The summed E-state index contributed by atoms with van der Waals surface area (Å²) in [6.07, 6.45) is 0. The lowest BCUT2D eigenvalue weighted by Gasteiger charge is -2.11. The van der Waals surface area contributed by atoms with Gasteiger partial charge in [0.2, 0.25) is 0 Å². The second-order valence-corrected chi connectivity index (χ2v) is 6.53. The van der Waals surface area contributed by atoms with Crippen molar-refractivity contribution in [1.29, 1.82) is 0 Å². The second-order valence-electron chi connectivity index (χ2n) is 4.93. The van der Waals surface area contributed by atoms with E-state index in [1.807, 2.05) is 49.4 Å². The number of hydrogen-bond acceptors (Lipinski definition) is 3. The van der Waals surface area contributed by atoms with Gasteiger partial charge in [-0.3, -0.25) is 9.98 Å². The van der Waals surface area contributed by atoms with Crippen LogP contribution in [0.25, 0.3) is 0 Å². The Labute approximate surface area is 146 Å². The molecule has 2 aromatic rings. The van der Waals surface area contributed by atoms with Gasteiger partial charge in [0.15, 0.2) is 5.96 Å². The Hall–Kier alpha value is -1.72. The van der Waals surface area contributed by atoms with Crippen LogP contribution >= 0.6 is 23.4 Å². The molecule has 0 aliphatic carbocycles. The third-order valence-electron chi connectivity index (χ3n) is 3.08. The monoisotopic (exact) mass is 348 g/mol. The van der Waals surface area contributed by atoms with Gasteiger partial charge in [0.25, 0.3) is 0 Å². The summed E-state index contributed by atoms with van der Waals surface area (Å²) in [5, 5.41) is 7.33. The van der Waals surface area contributed by atoms with Gasteiger partial charge in [-0.15, -0.1) is 11.8 Å². The summed E-state index contributed by atoms with van der Waals surface area (Å²) in [5.41, 5.74) is 2.02. The number of nitrogens with zero attached hydrogens (tertiary/aromatic N) is 2. The molecule has 2 rings (SSSR count). The van der Waals surface area contributed by atoms with Gasteiger partial charge in [-0.05, 0) is 43.3 Å². The van der Waals surface area contributed by atoms with Crippen molar-refractivity contribution in [3.8, 4) is 0 Å². The van der Waals surface area contributed by atoms with Crippen LogP contribution in [0.5, 0.6) is 0 Å². The summed E-state index contributed by atoms with van der Waals surface area (Å²) < 4.78 is 0. The molecule has 1 aromatic heterocycles. The van der Waals surface area contributed by atoms with Crippen LogP contribution in [0.1, 0.15) is 11.4 Å². The van der Waals surface area contributed by atoms with Crippen molar-refractivity contribution in [2.24, 2.45) is 4.99 Å². The predicted octanol–water partition coefficient (Wildman–Crippen LogP) is 3.50. The van der Waals surface area contributed by atoms with Crippen LogP contribution in [0.15, 0.2) is 52.4 Å². The molecular formula is C17H21ClN4S. The van der Waals surface area contributed by atoms with E-state index in [2.05, 4.69) is 20.6 Å². The van der Waals surface area contributed by atoms with Crippen LogP contribution in [0, 0.1) is 6.92 Å². The number of nitrogens with one attached hydrogen (secondary N) is 2. The van der Waals surface area contributed by atoms with Crippen molar-refractivity contribution < 1.29 is 0 Å². The molecule has 0 saturated carbocycles. The summed E-state index contributed by atoms with van der Waals surface area (Å²) in [6, 6.07) is 13.9. The van der Waals surface area contributed by atoms with E-state index in [1.165, 1.54) is 4.90 Å². The molecular weight excluding hydrogens is 328 g/mol. The molecule has 1 aromatic carbocycles. The number of rotatable bonds is 6. The maximum absolute atomic E-state index is 5.88. The van der Waals surface area contributed by atoms with Crippen molar-refractivity contribution >= 4 is 29.3 Å². The topological polar surface area (TPSA) is 49.3 Å². The normalized spacial score (nSPS) is 11.3. The molecule has 0 amide bonds. The van der Waals surface area contributed by atoms with Crippen LogP contribution in [0.3, 0.4) is 0 Å². The Kier molecular flexibility index (Phi) is 7.23. The van der Waals surface area contributed by atoms with Crippen LogP contribution in [0.2, 0.25) is 5.02 Å². The predicted molar refractivity (Wildman–Crippen MR) is 99.4 cm³/mol. The van der Waals surface area contributed by atoms with Gasteiger partial charge in [0.05, 0.1) is 12.2 Å². The van der Waals surface area contributed by atoms with E-state index in [0.717, 1.165) is 34.7 Å². The van der Waals surface area contributed by atoms with Gasteiger partial charge in [0, 0.05) is 35.0 Å². The number of benzene rings is 1. The number of aliphatic imine (C=N–C) groups is 1. The Morgan fingerprint density at radius 1 is 1.17 bits per heavy atom. The van der Waals surface area contributed by atoms with Gasteiger partial charge in [0.1, 0.15) is 0 Å². The summed E-state index contributed by atoms with van der Waals surface area (Å²) >= 11 is 7.66. The van der Waals surface area contributed by atoms with E-state index >= 15 is 0 Å². The fraction of sp³-hybridized carbons (Fsp3) is 0.294. The van der Waals surface area contributed by atoms with E-state index in [4.69, 9.17) is 11.6 Å². The molecule has 0 aliphatic heterocycles. The molecule has 2 N–H and O–H groups in total. The molecule has 0 radical (unpaired) electrons. The minimum Gasteiger partial charge on any atom is -0.356 e. The molecule has 122 valence electrons. The van der Waals surface area contributed by atoms with E-state index in [1.54, 1.807) is 18.8 Å². The van der Waals surface area contributed by atoms with Crippen LogP contribution in [0.4, 0.5) is 0 Å². The average Bonchev–Trinajstić information content (AvgIpc) is 2.56. The highest BCUT2D eigenvalue weighted by Crippen LogP contribution is 2.19. The first kappa shape index (κ1) is 17.6. The molecule has 0 bridgehead atoms. The molecule has 0 fully saturated rings. The third-order valence-corrected chi connectivity index (χ3v) is 4.35. The number of halogens is 1. The number of pyridine rings is 1. The van der Waals surface area contributed by atoms with Crippen LogP contribution < -0.4 is 10.6 Å². The molecule has 0 spiro atoms. The van der Waals surface area contributed by atoms with Gasteiger partial charge in [-0.1, -0.05) is 17.7 Å². The van der Waals surface area contributed by atoms with Gasteiger partial charge >= 0.3 is 0 Å². The number of guanidine groups is 1. The zero-order valence-corrected chi connectivity index (χ0v) is 14.9. The fourth-order valence-electron chi connectivity index (χ4n) is 1.96. The molecule has 0 aliphatic rings. The number of aromatic nitrogens is 1. The molecule has 0 atom stereocenters. The van der Waals surface area contributed by atoms with E-state index in [0.29, 0.717) is 6.54 Å². The van der Waals surface area contributed by atoms with Gasteiger partial charge in [-0.2, -0.15) is 0 Å². The zero-order valence-electron chi connectivity index (χ0n) is 13.3. The first-order valence-corrected chi connectivity index (χ1v) is 8.79. The van der Waals surface area contributed by atoms with Crippen LogP contribution in [-0.4, -0.2) is 30.3 Å². The lowest BCUT2D eigenvalue weighted by Crippen LogP contribution is -2.38. The highest BCUT2D eigenvalue weighted by atomic mass is 35.5. The van der Waals surface area contributed by atoms with Gasteiger partial charge in [-0.25, -0.2) is 0 Å². The first-order valence-electron chi connectivity index (χ1n) is 7.43. The second kappa shape index (κ2) is 9.43. The van der Waals surface area contributed by atoms with E-state index in [9.17, 15) is 0 Å². The van der Waals surface area contributed by atoms with Gasteiger partial charge < -0.3 is 10.6 Å². The largest absolute Gasteiger partial charge is 0.356 e. The fourth-order valence-corrected chi connectivity index (χ4v) is 2.86. The Bertz CT molecular complexity index is 643. The SMILES string of the molecule is CN=C(NCCSc1ccc(Cl)cc1)NCc1cccc(C)n1. The number of hydrogen-bond donors (Lipinski definition) is 2. The molecule has 0 saturated heterocycles. The highest BCUT2D eigenvalue weighted by molar-refractivity contribution is 7.99. The summed E-state index contributed by atoms with van der Waals surface area (Å²) in [5.74, 6) is 1.73. The first-order chi connectivity index (χ1) is 11.2. The quantitative estimate of drug-likeness (QED) is 0.363. The Morgan fingerprint density at radius 2 is 1.96 bits per heavy atom. The highest BCUT2D eigenvalue weighted by Gasteiger charge is 2.00. The minimum atomic E-state index is 0.658. The smallest absolute Gasteiger partial charge is 0.191 e. The van der Waals surface area contributed by atoms with E-state index in [-0.39, 0.29) is 0 Å². The zero-order chi connectivity index (χ0) is 16.5. The Balaban J connectivity index is 1.69. The molecule has 6 heteroatoms. The number of aryl methyl sites for hydroxylation is 1. The minimum absolute atomic E-state index is 0.658. The van der Waals surface area contributed by atoms with E-state index < -0.39 is 0 Å². The van der Waals surface area contributed by atoms with Crippen molar-refractivity contribution in [3.63, 3.8) is 0 Å². The lowest BCUT2D eigenvalue weighted by molar-refractivity contribution is 0.809. The Morgan fingerprint density at radius 3 is 2.65 bits per heavy atom. The molecule has 23 heavy (non-hydrogen) atoms. The summed E-state index contributed by atoms with van der Waals surface area (Å²) in [4.78, 5) is 9.90. The number of thioether (sulfide) groups is 1. The summed E-state index contributed by atoms with van der Waals surface area (Å²) in [7, 11) is 1.77. The van der Waals surface area contributed by atoms with Crippen molar-refractivity contribution in [1.82, 2.24) is 15.6 Å². The van der Waals surface area contributed by atoms with Crippen molar-refractivity contribution in [3.05, 3.63) is 58.9 Å². The molecule has 4 nitrogen and oxygen atoms in total. The maximum Gasteiger partial charge on any atom is 0.191 e.